The van der Waals surface area contributed by atoms with Gasteiger partial charge in [0, 0.05) is 37.9 Å². The summed E-state index contributed by atoms with van der Waals surface area (Å²) in [6.45, 7) is 1.94. The average molecular weight is 769 g/mol. The summed E-state index contributed by atoms with van der Waals surface area (Å²) in [5.74, 6) is 1.29. The Kier molecular flexibility index (Phi) is 6.51. The van der Waals surface area contributed by atoms with Gasteiger partial charge in [-0.05, 0) is 65.4 Å². The van der Waals surface area contributed by atoms with E-state index in [0.29, 0.717) is 34.2 Å². The molecule has 0 fully saturated rings. The number of fused-ring (bicyclic) bond motifs is 9. The Hall–Kier alpha value is -4.93. The summed E-state index contributed by atoms with van der Waals surface area (Å²) in [6.07, 6.45) is 0.589. The van der Waals surface area contributed by atoms with E-state index >= 15 is 0 Å². The van der Waals surface area contributed by atoms with E-state index in [4.69, 9.17) is 18.9 Å². The maximum absolute atomic E-state index is 10.6. The van der Waals surface area contributed by atoms with Crippen LogP contribution in [0.2, 0.25) is 0 Å². The number of phenols is 1. The van der Waals surface area contributed by atoms with Crippen LogP contribution in [0.5, 0.6) is 17.4 Å². The van der Waals surface area contributed by atoms with Gasteiger partial charge < -0.3 is 19.0 Å². The molecule has 0 saturated carbocycles. The van der Waals surface area contributed by atoms with Crippen molar-refractivity contribution in [2.45, 2.75) is 25.5 Å². The van der Waals surface area contributed by atoms with Crippen molar-refractivity contribution < 1.29 is 40.1 Å². The second-order valence-corrected chi connectivity index (χ2v) is 11.5. The molecule has 1 N–H and O–H groups in total. The number of aryl methyl sites for hydroxylation is 1. The minimum atomic E-state index is -0.256. The SMILES string of the molecule is Cc1cc(O)c2nc(Oc3[c-]c(C4=N[C@H]5c6ccccc6Cc6ccccc6[C@@H]5O4)cc4c3oc3ccccc34)ccc2c1.[Pt]. The molecule has 5 aromatic carbocycles. The zero-order chi connectivity index (χ0) is 29.4. The molecule has 7 heteroatoms. The van der Waals surface area contributed by atoms with Crippen LogP contribution in [0.3, 0.4) is 0 Å². The summed E-state index contributed by atoms with van der Waals surface area (Å²) in [6, 6.07) is 37.4. The number of pyridine rings is 1. The molecule has 0 bridgehead atoms. The fourth-order valence-corrected chi connectivity index (χ4v) is 6.60. The predicted octanol–water partition coefficient (Wildman–Crippen LogP) is 8.90. The van der Waals surface area contributed by atoms with E-state index in [9.17, 15) is 5.11 Å². The van der Waals surface area contributed by atoms with Gasteiger partial charge >= 0.3 is 0 Å². The van der Waals surface area contributed by atoms with Crippen molar-refractivity contribution in [2.75, 3.05) is 0 Å². The number of nitrogens with zero attached hydrogens (tertiary/aromatic N) is 2. The number of hydrogen-bond donors (Lipinski definition) is 1. The first kappa shape index (κ1) is 27.6. The Morgan fingerprint density at radius 2 is 1.60 bits per heavy atom. The Labute approximate surface area is 273 Å². The number of aliphatic imine (C=N–C) groups is 1. The minimum absolute atomic E-state index is 0. The van der Waals surface area contributed by atoms with Gasteiger partial charge in [0.15, 0.2) is 0 Å². The third-order valence-corrected chi connectivity index (χ3v) is 8.60. The van der Waals surface area contributed by atoms with E-state index < -0.39 is 0 Å². The van der Waals surface area contributed by atoms with Crippen molar-refractivity contribution in [3.63, 3.8) is 0 Å². The second kappa shape index (κ2) is 10.6. The first-order chi connectivity index (χ1) is 21.6. The van der Waals surface area contributed by atoms with Crippen LogP contribution in [-0.4, -0.2) is 16.0 Å². The second-order valence-electron chi connectivity index (χ2n) is 11.5. The van der Waals surface area contributed by atoms with E-state index in [1.807, 2.05) is 49.4 Å². The molecule has 2 aromatic heterocycles. The van der Waals surface area contributed by atoms with E-state index in [-0.39, 0.29) is 39.0 Å². The number of ether oxygens (including phenoxy) is 2. The Balaban J connectivity index is 0.00000300. The van der Waals surface area contributed by atoms with Crippen molar-refractivity contribution in [3.8, 4) is 17.4 Å². The van der Waals surface area contributed by atoms with Gasteiger partial charge in [-0.1, -0.05) is 83.7 Å². The molecule has 7 aromatic rings. The molecular formula is C38H25N2O4Pt-. The van der Waals surface area contributed by atoms with Gasteiger partial charge in [-0.3, -0.25) is 4.99 Å². The smallest absolute Gasteiger partial charge is 0.217 e. The van der Waals surface area contributed by atoms with Crippen LogP contribution in [0.1, 0.15) is 45.5 Å². The number of rotatable bonds is 3. The quantitative estimate of drug-likeness (QED) is 0.182. The fourth-order valence-electron chi connectivity index (χ4n) is 6.60. The molecule has 1 aliphatic carbocycles. The number of phenolic OH excluding ortho intramolecular Hbond substituents is 1. The van der Waals surface area contributed by atoms with Crippen LogP contribution in [0.25, 0.3) is 32.8 Å². The summed E-state index contributed by atoms with van der Waals surface area (Å²) in [5, 5.41) is 13.2. The number of hydrogen-bond acceptors (Lipinski definition) is 6. The third kappa shape index (κ3) is 4.51. The van der Waals surface area contributed by atoms with Crippen LogP contribution in [0.15, 0.2) is 113 Å². The van der Waals surface area contributed by atoms with E-state index in [1.165, 1.54) is 16.7 Å². The monoisotopic (exact) mass is 768 g/mol. The number of benzene rings is 5. The molecule has 222 valence electrons. The zero-order valence-electron chi connectivity index (χ0n) is 24.1. The van der Waals surface area contributed by atoms with Crippen molar-refractivity contribution >= 4 is 38.7 Å². The van der Waals surface area contributed by atoms with Crippen molar-refractivity contribution in [1.82, 2.24) is 4.98 Å². The molecule has 0 radical (unpaired) electrons. The van der Waals surface area contributed by atoms with Gasteiger partial charge in [-0.15, -0.1) is 6.07 Å². The Morgan fingerprint density at radius 3 is 2.47 bits per heavy atom. The van der Waals surface area contributed by atoms with Crippen molar-refractivity contribution in [2.24, 2.45) is 4.99 Å². The molecule has 2 atom stereocenters. The number of para-hydroxylation sites is 1. The van der Waals surface area contributed by atoms with Crippen LogP contribution < -0.4 is 4.74 Å². The van der Waals surface area contributed by atoms with E-state index in [1.54, 1.807) is 12.1 Å². The molecule has 0 saturated heterocycles. The average Bonchev–Trinajstić information content (AvgIpc) is 3.61. The standard InChI is InChI=1S/C38H25N2O4.Pt/c1-21-16-24-14-15-33(39-34(24)30(41)17-21)42-32-20-25(19-29-28-12-6-7-13-31(28)43-36(29)32)38-40-35-26-10-4-2-8-22(26)18-23-9-3-5-11-27(23)37(35)44-38;/h2-17,19,35,37,41H,18H2,1H3;/q-1;/t35-,37-;/m0./s1. The zero-order valence-corrected chi connectivity index (χ0v) is 26.3. The molecule has 2 aliphatic rings. The van der Waals surface area contributed by atoms with Crippen LogP contribution in [-0.2, 0) is 32.2 Å². The molecule has 0 spiro atoms. The first-order valence-electron chi connectivity index (χ1n) is 14.7. The number of aromatic hydroxyl groups is 1. The molecule has 0 amide bonds. The molecule has 0 unspecified atom stereocenters. The van der Waals surface area contributed by atoms with Gasteiger partial charge in [0.25, 0.3) is 0 Å². The van der Waals surface area contributed by atoms with E-state index in [0.717, 1.165) is 39.3 Å². The Morgan fingerprint density at radius 1 is 0.844 bits per heavy atom. The van der Waals surface area contributed by atoms with Gasteiger partial charge in [0.05, 0.1) is 11.3 Å². The Bertz CT molecular complexity index is 2330. The summed E-state index contributed by atoms with van der Waals surface area (Å²) in [5.41, 5.74) is 8.19. The van der Waals surface area contributed by atoms with Crippen LogP contribution in [0.4, 0.5) is 0 Å². The predicted molar refractivity (Wildman–Crippen MR) is 170 cm³/mol. The molecule has 1 aliphatic heterocycles. The van der Waals surface area contributed by atoms with Gasteiger partial charge in [-0.25, -0.2) is 4.98 Å². The summed E-state index contributed by atoms with van der Waals surface area (Å²) < 4.78 is 19.4. The fraction of sp³-hybridized carbons (Fsp3) is 0.105. The third-order valence-electron chi connectivity index (χ3n) is 8.60. The summed E-state index contributed by atoms with van der Waals surface area (Å²) in [7, 11) is 0. The molecular weight excluding hydrogens is 744 g/mol. The molecule has 6 nitrogen and oxygen atoms in total. The normalized spacial score (nSPS) is 16.7. The maximum atomic E-state index is 10.6. The van der Waals surface area contributed by atoms with Crippen LogP contribution >= 0.6 is 0 Å². The van der Waals surface area contributed by atoms with Gasteiger partial charge in [-0.2, -0.15) is 0 Å². The molecule has 45 heavy (non-hydrogen) atoms. The number of furan rings is 1. The summed E-state index contributed by atoms with van der Waals surface area (Å²) >= 11 is 0. The number of aromatic nitrogens is 1. The van der Waals surface area contributed by atoms with E-state index in [2.05, 4.69) is 59.6 Å². The largest absolute Gasteiger partial charge is 0.510 e. The van der Waals surface area contributed by atoms with Gasteiger partial charge in [0.1, 0.15) is 34.9 Å². The van der Waals surface area contributed by atoms with Gasteiger partial charge in [0.2, 0.25) is 5.88 Å². The van der Waals surface area contributed by atoms with Crippen molar-refractivity contribution in [1.29, 1.82) is 0 Å². The molecule has 9 rings (SSSR count). The molecule has 3 heterocycles. The minimum Gasteiger partial charge on any atom is -0.510 e. The van der Waals surface area contributed by atoms with Crippen LogP contribution in [0, 0.1) is 13.0 Å². The first-order valence-corrected chi connectivity index (χ1v) is 14.7. The summed E-state index contributed by atoms with van der Waals surface area (Å²) in [4.78, 5) is 9.81. The topological polar surface area (TPSA) is 77.1 Å². The van der Waals surface area contributed by atoms with Crippen molar-refractivity contribution in [3.05, 3.63) is 143 Å². The maximum Gasteiger partial charge on any atom is 0.217 e.